The molecule has 2 aromatic carbocycles. The van der Waals surface area contributed by atoms with Gasteiger partial charge in [0.1, 0.15) is 0 Å². The van der Waals surface area contributed by atoms with Crippen molar-refractivity contribution in [1.29, 1.82) is 0 Å². The Morgan fingerprint density at radius 2 is 1.86 bits per heavy atom. The fourth-order valence-electron chi connectivity index (χ4n) is 3.38. The summed E-state index contributed by atoms with van der Waals surface area (Å²) < 4.78 is 28.0. The summed E-state index contributed by atoms with van der Waals surface area (Å²) in [5.74, 6) is -0.126. The van der Waals surface area contributed by atoms with E-state index in [0.717, 1.165) is 18.4 Å². The number of rotatable bonds is 5. The number of likely N-dealkylation sites (tertiary alicyclic amines) is 1. The van der Waals surface area contributed by atoms with Crippen molar-refractivity contribution in [3.8, 4) is 0 Å². The van der Waals surface area contributed by atoms with Gasteiger partial charge in [-0.1, -0.05) is 23.8 Å². The molecule has 0 bridgehead atoms. The third-order valence-electron chi connectivity index (χ3n) is 5.11. The van der Waals surface area contributed by atoms with Crippen LogP contribution >= 0.6 is 0 Å². The SMILES string of the molecule is Cc1ccc(NS(=O)(=O)c2cccc(C(=O)N3CCCC(N(C)C)C3)c2)cc1. The maximum absolute atomic E-state index is 12.9. The van der Waals surface area contributed by atoms with Gasteiger partial charge in [0.2, 0.25) is 0 Å². The van der Waals surface area contributed by atoms with E-state index in [1.165, 1.54) is 12.1 Å². The lowest BCUT2D eigenvalue weighted by Crippen LogP contribution is -2.47. The first kappa shape index (κ1) is 20.4. The number of amides is 1. The maximum Gasteiger partial charge on any atom is 0.261 e. The number of anilines is 1. The molecule has 0 aromatic heterocycles. The first-order valence-electron chi connectivity index (χ1n) is 9.41. The van der Waals surface area contributed by atoms with Gasteiger partial charge in [-0.2, -0.15) is 0 Å². The Labute approximate surface area is 167 Å². The van der Waals surface area contributed by atoms with E-state index in [-0.39, 0.29) is 10.8 Å². The highest BCUT2D eigenvalue weighted by molar-refractivity contribution is 7.92. The fraction of sp³-hybridized carbons (Fsp3) is 0.381. The van der Waals surface area contributed by atoms with Crippen molar-refractivity contribution < 1.29 is 13.2 Å². The summed E-state index contributed by atoms with van der Waals surface area (Å²) in [4.78, 5) is 17.0. The van der Waals surface area contributed by atoms with Crippen LogP contribution in [0, 0.1) is 6.92 Å². The first-order chi connectivity index (χ1) is 13.3. The highest BCUT2D eigenvalue weighted by Crippen LogP contribution is 2.20. The molecule has 1 unspecified atom stereocenters. The summed E-state index contributed by atoms with van der Waals surface area (Å²) in [6.07, 6.45) is 2.01. The van der Waals surface area contributed by atoms with E-state index < -0.39 is 10.0 Å². The van der Waals surface area contributed by atoms with Crippen molar-refractivity contribution in [3.63, 3.8) is 0 Å². The zero-order valence-electron chi connectivity index (χ0n) is 16.6. The Hall–Kier alpha value is -2.38. The minimum Gasteiger partial charge on any atom is -0.337 e. The van der Waals surface area contributed by atoms with Gasteiger partial charge in [-0.15, -0.1) is 0 Å². The minimum atomic E-state index is -3.77. The van der Waals surface area contributed by atoms with Gasteiger partial charge in [-0.25, -0.2) is 8.42 Å². The molecule has 1 amide bonds. The van der Waals surface area contributed by atoms with Crippen molar-refractivity contribution in [2.75, 3.05) is 31.9 Å². The van der Waals surface area contributed by atoms with Gasteiger partial charge in [0.05, 0.1) is 4.90 Å². The monoisotopic (exact) mass is 401 g/mol. The highest BCUT2D eigenvalue weighted by atomic mass is 32.2. The first-order valence-corrected chi connectivity index (χ1v) is 10.9. The normalized spacial score (nSPS) is 17.6. The Bertz CT molecular complexity index is 940. The van der Waals surface area contributed by atoms with Crippen LogP contribution in [0.25, 0.3) is 0 Å². The molecule has 2 aromatic rings. The van der Waals surface area contributed by atoms with E-state index in [0.29, 0.717) is 30.4 Å². The second-order valence-corrected chi connectivity index (χ2v) is 9.19. The lowest BCUT2D eigenvalue weighted by Gasteiger charge is -2.36. The Morgan fingerprint density at radius 3 is 2.54 bits per heavy atom. The molecular weight excluding hydrogens is 374 g/mol. The number of carbonyl (C=O) groups excluding carboxylic acids is 1. The highest BCUT2D eigenvalue weighted by Gasteiger charge is 2.26. The minimum absolute atomic E-state index is 0.0834. The van der Waals surface area contributed by atoms with E-state index >= 15 is 0 Å². The molecule has 1 heterocycles. The van der Waals surface area contributed by atoms with Crippen LogP contribution < -0.4 is 4.72 Å². The summed E-state index contributed by atoms with van der Waals surface area (Å²) in [6.45, 7) is 3.29. The molecule has 28 heavy (non-hydrogen) atoms. The second kappa shape index (κ2) is 8.32. The summed E-state index contributed by atoms with van der Waals surface area (Å²) >= 11 is 0. The third kappa shape index (κ3) is 4.72. The van der Waals surface area contributed by atoms with Crippen LogP contribution in [-0.4, -0.2) is 57.4 Å². The molecule has 7 heteroatoms. The fourth-order valence-corrected chi connectivity index (χ4v) is 4.48. The zero-order valence-corrected chi connectivity index (χ0v) is 17.4. The Kier molecular flexibility index (Phi) is 6.05. The summed E-state index contributed by atoms with van der Waals surface area (Å²) in [6, 6.07) is 13.7. The number of aryl methyl sites for hydroxylation is 1. The number of piperidine rings is 1. The predicted octanol–water partition coefficient (Wildman–Crippen LogP) is 2.96. The van der Waals surface area contributed by atoms with Gasteiger partial charge < -0.3 is 9.80 Å². The summed E-state index contributed by atoms with van der Waals surface area (Å²) in [5, 5.41) is 0. The van der Waals surface area contributed by atoms with E-state index in [9.17, 15) is 13.2 Å². The standard InChI is InChI=1S/C21H27N3O3S/c1-16-9-11-18(12-10-16)22-28(26,27)20-8-4-6-17(14-20)21(25)24-13-5-7-19(15-24)23(2)3/h4,6,8-12,14,19,22H,5,7,13,15H2,1-3H3. The summed E-state index contributed by atoms with van der Waals surface area (Å²) in [7, 11) is 0.267. The Morgan fingerprint density at radius 1 is 1.14 bits per heavy atom. The van der Waals surface area contributed by atoms with E-state index in [2.05, 4.69) is 9.62 Å². The van der Waals surface area contributed by atoms with Gasteiger partial charge in [-0.3, -0.25) is 9.52 Å². The van der Waals surface area contributed by atoms with Crippen LogP contribution in [0.15, 0.2) is 53.4 Å². The third-order valence-corrected chi connectivity index (χ3v) is 6.49. The van der Waals surface area contributed by atoms with Crippen LogP contribution in [0.4, 0.5) is 5.69 Å². The van der Waals surface area contributed by atoms with Crippen LogP contribution in [0.1, 0.15) is 28.8 Å². The van der Waals surface area contributed by atoms with Crippen LogP contribution in [-0.2, 0) is 10.0 Å². The molecule has 150 valence electrons. The lowest BCUT2D eigenvalue weighted by molar-refractivity contribution is 0.0635. The Balaban J connectivity index is 1.79. The average Bonchev–Trinajstić information content (AvgIpc) is 2.69. The molecule has 1 atom stereocenters. The molecule has 0 aliphatic carbocycles. The smallest absolute Gasteiger partial charge is 0.261 e. The van der Waals surface area contributed by atoms with Crippen LogP contribution in [0.2, 0.25) is 0 Å². The van der Waals surface area contributed by atoms with Crippen molar-refractivity contribution in [1.82, 2.24) is 9.80 Å². The quantitative estimate of drug-likeness (QED) is 0.836. The molecule has 0 spiro atoms. The van der Waals surface area contributed by atoms with Gasteiger partial charge in [-0.05, 0) is 64.2 Å². The van der Waals surface area contributed by atoms with Crippen molar-refractivity contribution >= 4 is 21.6 Å². The predicted molar refractivity (Wildman–Crippen MR) is 111 cm³/mol. The van der Waals surface area contributed by atoms with Crippen molar-refractivity contribution in [2.45, 2.75) is 30.7 Å². The van der Waals surface area contributed by atoms with Crippen molar-refractivity contribution in [3.05, 3.63) is 59.7 Å². The number of sulfonamides is 1. The molecule has 1 aliphatic heterocycles. The maximum atomic E-state index is 12.9. The van der Waals surface area contributed by atoms with Gasteiger partial charge in [0.25, 0.3) is 15.9 Å². The second-order valence-electron chi connectivity index (χ2n) is 7.51. The molecule has 0 saturated carbocycles. The molecular formula is C21H27N3O3S. The lowest BCUT2D eigenvalue weighted by atomic mass is 10.0. The van der Waals surface area contributed by atoms with Crippen molar-refractivity contribution in [2.24, 2.45) is 0 Å². The molecule has 1 aliphatic rings. The largest absolute Gasteiger partial charge is 0.337 e. The molecule has 1 fully saturated rings. The molecule has 3 rings (SSSR count). The van der Waals surface area contributed by atoms with Gasteiger partial charge >= 0.3 is 0 Å². The number of nitrogens with one attached hydrogen (secondary N) is 1. The number of hydrogen-bond donors (Lipinski definition) is 1. The molecule has 6 nitrogen and oxygen atoms in total. The molecule has 1 saturated heterocycles. The molecule has 0 radical (unpaired) electrons. The number of nitrogens with zero attached hydrogens (tertiary/aromatic N) is 2. The van der Waals surface area contributed by atoms with Gasteiger partial charge in [0.15, 0.2) is 0 Å². The molecule has 1 N–H and O–H groups in total. The number of hydrogen-bond acceptors (Lipinski definition) is 4. The van der Waals surface area contributed by atoms with Crippen LogP contribution in [0.5, 0.6) is 0 Å². The summed E-state index contributed by atoms with van der Waals surface area (Å²) in [5.41, 5.74) is 1.94. The zero-order chi connectivity index (χ0) is 20.3. The van der Waals surface area contributed by atoms with E-state index in [4.69, 9.17) is 0 Å². The topological polar surface area (TPSA) is 69.7 Å². The van der Waals surface area contributed by atoms with E-state index in [1.54, 1.807) is 24.3 Å². The van der Waals surface area contributed by atoms with Crippen LogP contribution in [0.3, 0.4) is 0 Å². The van der Waals surface area contributed by atoms with E-state index in [1.807, 2.05) is 38.1 Å². The number of likely N-dealkylation sites (N-methyl/N-ethyl adjacent to an activating group) is 1. The van der Waals surface area contributed by atoms with Gasteiger partial charge in [0, 0.05) is 30.4 Å². The number of carbonyl (C=O) groups is 1. The number of benzene rings is 2. The average molecular weight is 402 g/mol.